The van der Waals surface area contributed by atoms with Crippen LogP contribution in [0, 0.1) is 11.8 Å². The Morgan fingerprint density at radius 3 is 2.17 bits per heavy atom. The molecule has 1 heterocycles. The van der Waals surface area contributed by atoms with Gasteiger partial charge in [-0.3, -0.25) is 0 Å². The van der Waals surface area contributed by atoms with Gasteiger partial charge in [-0.05, 0) is 51.2 Å². The zero-order valence-electron chi connectivity index (χ0n) is 16.9. The molecule has 5 heteroatoms. The van der Waals surface area contributed by atoms with E-state index in [9.17, 15) is 4.79 Å². The van der Waals surface area contributed by atoms with Crippen LogP contribution in [-0.2, 0) is 9.16 Å². The van der Waals surface area contributed by atoms with Crippen LogP contribution in [0.4, 0.5) is 4.79 Å². The Morgan fingerprint density at radius 1 is 1.17 bits per heavy atom. The van der Waals surface area contributed by atoms with Gasteiger partial charge in [-0.15, -0.1) is 6.58 Å². The number of rotatable bonds is 5. The molecule has 1 saturated heterocycles. The predicted molar refractivity (Wildman–Crippen MR) is 103 cm³/mol. The molecule has 0 aliphatic carbocycles. The number of likely N-dealkylation sites (tertiary alicyclic amines) is 1. The molecule has 1 rings (SSSR count). The Bertz CT molecular complexity index is 449. The van der Waals surface area contributed by atoms with Crippen LogP contribution in [-0.4, -0.2) is 44.6 Å². The van der Waals surface area contributed by atoms with Crippen LogP contribution in [0.3, 0.4) is 0 Å². The van der Waals surface area contributed by atoms with Gasteiger partial charge in [-0.25, -0.2) is 4.79 Å². The fourth-order valence-corrected chi connectivity index (χ4v) is 3.68. The molecule has 1 aliphatic heterocycles. The standard InChI is InChI=1S/C19H37NO3Si/c1-10-11-15-12-20(17(21)23-18(2,3)4)13-16(15)14-22-24(8,9)19(5,6)7/h10,15-16H,1,11-14H2,2-9H3. The second-order valence-electron chi connectivity index (χ2n) is 9.50. The van der Waals surface area contributed by atoms with Crippen LogP contribution in [0.2, 0.25) is 18.1 Å². The largest absolute Gasteiger partial charge is 0.444 e. The number of allylic oxidation sites excluding steroid dienone is 1. The summed E-state index contributed by atoms with van der Waals surface area (Å²) in [7, 11) is -1.77. The van der Waals surface area contributed by atoms with Crippen molar-refractivity contribution in [1.29, 1.82) is 0 Å². The summed E-state index contributed by atoms with van der Waals surface area (Å²) in [5.74, 6) is 0.754. The van der Waals surface area contributed by atoms with Crippen molar-refractivity contribution >= 4 is 14.4 Å². The number of carbonyl (C=O) groups is 1. The van der Waals surface area contributed by atoms with E-state index in [1.54, 1.807) is 0 Å². The lowest BCUT2D eigenvalue weighted by atomic mass is 9.94. The quantitative estimate of drug-likeness (QED) is 0.510. The third kappa shape index (κ3) is 5.92. The summed E-state index contributed by atoms with van der Waals surface area (Å²) < 4.78 is 11.9. The van der Waals surface area contributed by atoms with E-state index in [0.29, 0.717) is 25.0 Å². The van der Waals surface area contributed by atoms with E-state index >= 15 is 0 Å². The summed E-state index contributed by atoms with van der Waals surface area (Å²) in [4.78, 5) is 14.2. The van der Waals surface area contributed by atoms with Gasteiger partial charge in [0.2, 0.25) is 0 Å². The molecule has 0 saturated carbocycles. The van der Waals surface area contributed by atoms with E-state index in [1.165, 1.54) is 0 Å². The van der Waals surface area contributed by atoms with Gasteiger partial charge in [0.15, 0.2) is 8.32 Å². The Morgan fingerprint density at radius 2 is 1.71 bits per heavy atom. The van der Waals surface area contributed by atoms with Gasteiger partial charge in [0, 0.05) is 25.6 Å². The van der Waals surface area contributed by atoms with E-state index < -0.39 is 13.9 Å². The molecule has 0 aromatic carbocycles. The van der Waals surface area contributed by atoms with E-state index in [-0.39, 0.29) is 11.1 Å². The highest BCUT2D eigenvalue weighted by Crippen LogP contribution is 2.38. The second-order valence-corrected chi connectivity index (χ2v) is 14.3. The van der Waals surface area contributed by atoms with Crippen molar-refractivity contribution in [3.05, 3.63) is 12.7 Å². The van der Waals surface area contributed by atoms with E-state index in [2.05, 4.69) is 40.4 Å². The molecule has 1 aliphatic rings. The first-order valence-electron chi connectivity index (χ1n) is 8.99. The second kappa shape index (κ2) is 7.61. The SMILES string of the molecule is C=CCC1CN(C(=O)OC(C)(C)C)CC1CO[Si](C)(C)C(C)(C)C. The molecule has 2 atom stereocenters. The molecule has 0 bridgehead atoms. The number of hydrogen-bond acceptors (Lipinski definition) is 3. The minimum absolute atomic E-state index is 0.199. The first-order chi connectivity index (χ1) is 10.8. The molecule has 0 spiro atoms. The van der Waals surface area contributed by atoms with Gasteiger partial charge in [-0.1, -0.05) is 26.8 Å². The van der Waals surface area contributed by atoms with Gasteiger partial charge < -0.3 is 14.1 Å². The number of amides is 1. The predicted octanol–water partition coefficient (Wildman–Crippen LogP) is 5.07. The minimum atomic E-state index is -1.77. The van der Waals surface area contributed by atoms with Crippen molar-refractivity contribution in [2.75, 3.05) is 19.7 Å². The highest BCUT2D eigenvalue weighted by Gasteiger charge is 2.41. The Balaban J connectivity index is 2.72. The average molecular weight is 356 g/mol. The van der Waals surface area contributed by atoms with E-state index in [0.717, 1.165) is 13.0 Å². The third-order valence-corrected chi connectivity index (χ3v) is 9.66. The summed E-state index contributed by atoms with van der Waals surface area (Å²) in [6.45, 7) is 23.0. The molecule has 140 valence electrons. The summed E-state index contributed by atoms with van der Waals surface area (Å²) in [5.41, 5.74) is -0.458. The fourth-order valence-electron chi connectivity index (χ4n) is 2.62. The smallest absolute Gasteiger partial charge is 0.410 e. The first kappa shape index (κ1) is 21.2. The Labute approximate surface area is 149 Å². The lowest BCUT2D eigenvalue weighted by Crippen LogP contribution is -2.42. The van der Waals surface area contributed by atoms with Crippen molar-refractivity contribution in [1.82, 2.24) is 4.90 Å². The molecular weight excluding hydrogens is 318 g/mol. The van der Waals surface area contributed by atoms with Crippen molar-refractivity contribution < 1.29 is 14.0 Å². The molecule has 0 aromatic heterocycles. The monoisotopic (exact) mass is 355 g/mol. The molecule has 0 N–H and O–H groups in total. The maximum absolute atomic E-state index is 12.4. The zero-order chi connectivity index (χ0) is 18.8. The summed E-state index contributed by atoms with van der Waals surface area (Å²) in [6.07, 6.45) is 2.64. The number of nitrogens with zero attached hydrogens (tertiary/aromatic N) is 1. The molecule has 2 unspecified atom stereocenters. The summed E-state index contributed by atoms with van der Waals surface area (Å²) in [5, 5.41) is 0.199. The van der Waals surface area contributed by atoms with Crippen molar-refractivity contribution in [3.63, 3.8) is 0 Å². The van der Waals surface area contributed by atoms with Crippen LogP contribution in [0.25, 0.3) is 0 Å². The molecule has 1 fully saturated rings. The Hall–Kier alpha value is -0.813. The van der Waals surface area contributed by atoms with Gasteiger partial charge in [0.25, 0.3) is 0 Å². The lowest BCUT2D eigenvalue weighted by molar-refractivity contribution is 0.0281. The third-order valence-electron chi connectivity index (χ3n) is 5.16. The number of carbonyl (C=O) groups excluding carboxylic acids is 1. The summed E-state index contributed by atoms with van der Waals surface area (Å²) in [6, 6.07) is 0. The average Bonchev–Trinajstić information content (AvgIpc) is 2.77. The van der Waals surface area contributed by atoms with Gasteiger partial charge >= 0.3 is 6.09 Å². The molecule has 1 amide bonds. The normalized spacial score (nSPS) is 22.6. The van der Waals surface area contributed by atoms with E-state index in [1.807, 2.05) is 31.7 Å². The van der Waals surface area contributed by atoms with Gasteiger partial charge in [0.1, 0.15) is 5.60 Å². The number of hydrogen-bond donors (Lipinski definition) is 0. The maximum atomic E-state index is 12.4. The molecule has 0 radical (unpaired) electrons. The van der Waals surface area contributed by atoms with Crippen LogP contribution >= 0.6 is 0 Å². The van der Waals surface area contributed by atoms with Crippen molar-refractivity contribution in [2.24, 2.45) is 11.8 Å². The molecule has 4 nitrogen and oxygen atoms in total. The van der Waals surface area contributed by atoms with Crippen LogP contribution in [0.15, 0.2) is 12.7 Å². The van der Waals surface area contributed by atoms with Crippen LogP contribution < -0.4 is 0 Å². The van der Waals surface area contributed by atoms with Crippen LogP contribution in [0.1, 0.15) is 48.0 Å². The first-order valence-corrected chi connectivity index (χ1v) is 11.9. The van der Waals surface area contributed by atoms with E-state index in [4.69, 9.17) is 9.16 Å². The topological polar surface area (TPSA) is 38.8 Å². The highest BCUT2D eigenvalue weighted by atomic mass is 28.4. The molecule has 0 aromatic rings. The minimum Gasteiger partial charge on any atom is -0.444 e. The zero-order valence-corrected chi connectivity index (χ0v) is 17.9. The fraction of sp³-hybridized carbons (Fsp3) is 0.842. The van der Waals surface area contributed by atoms with Crippen molar-refractivity contribution in [3.8, 4) is 0 Å². The maximum Gasteiger partial charge on any atom is 0.410 e. The lowest BCUT2D eigenvalue weighted by Gasteiger charge is -2.37. The van der Waals surface area contributed by atoms with Crippen molar-refractivity contribution in [2.45, 2.75) is 71.7 Å². The van der Waals surface area contributed by atoms with Crippen LogP contribution in [0.5, 0.6) is 0 Å². The Kier molecular flexibility index (Phi) is 6.73. The number of ether oxygens (including phenoxy) is 1. The van der Waals surface area contributed by atoms with Gasteiger partial charge in [-0.2, -0.15) is 0 Å². The highest BCUT2D eigenvalue weighted by molar-refractivity contribution is 6.74. The van der Waals surface area contributed by atoms with Gasteiger partial charge in [0.05, 0.1) is 0 Å². The molecular formula is C19H37NO3Si. The molecule has 24 heavy (non-hydrogen) atoms. The summed E-state index contributed by atoms with van der Waals surface area (Å²) >= 11 is 0.